The highest BCUT2D eigenvalue weighted by atomic mass is 16.2. The number of nitrogens with one attached hydrogen (secondary N) is 1. The van der Waals surface area contributed by atoms with E-state index in [1.165, 1.54) is 16.5 Å². The van der Waals surface area contributed by atoms with Gasteiger partial charge in [0.15, 0.2) is 5.69 Å². The van der Waals surface area contributed by atoms with Crippen LogP contribution in [-0.2, 0) is 11.3 Å². The highest BCUT2D eigenvalue weighted by molar-refractivity contribution is 5.98. The Balaban J connectivity index is 1.81. The zero-order valence-corrected chi connectivity index (χ0v) is 18.9. The van der Waals surface area contributed by atoms with Crippen LogP contribution in [-0.4, -0.2) is 46.4 Å². The monoisotopic (exact) mass is 441 g/mol. The second-order valence-electron chi connectivity index (χ2n) is 8.35. The predicted molar refractivity (Wildman–Crippen MR) is 124 cm³/mol. The van der Waals surface area contributed by atoms with E-state index in [9.17, 15) is 19.2 Å². The molecule has 32 heavy (non-hydrogen) atoms. The molecule has 9 nitrogen and oxygen atoms in total. The standard InChI is InChI=1S/C23H31N5O4/c1-4-5-13-28-19(24)18(20(29)25-23(28)32)26(3)21(30)17-7-6-12-27(14-17)22(31)16-10-8-15(2)9-11-16/h8-11,17H,4-7,12-14,24H2,1-3H3,(H,25,29,32). The van der Waals surface area contributed by atoms with Crippen LogP contribution in [0.1, 0.15) is 48.5 Å². The average molecular weight is 442 g/mol. The van der Waals surface area contributed by atoms with Crippen molar-refractivity contribution in [3.05, 3.63) is 56.2 Å². The number of aromatic amines is 1. The van der Waals surface area contributed by atoms with Crippen molar-refractivity contribution >= 4 is 23.3 Å². The zero-order chi connectivity index (χ0) is 23.4. The Hall–Kier alpha value is -3.36. The summed E-state index contributed by atoms with van der Waals surface area (Å²) in [6, 6.07) is 7.34. The number of nitrogens with two attached hydrogens (primary N) is 1. The van der Waals surface area contributed by atoms with Crippen LogP contribution in [0.3, 0.4) is 0 Å². The van der Waals surface area contributed by atoms with Gasteiger partial charge in [0, 0.05) is 32.2 Å². The fourth-order valence-electron chi connectivity index (χ4n) is 4.07. The van der Waals surface area contributed by atoms with Crippen molar-refractivity contribution in [2.24, 2.45) is 5.92 Å². The first-order valence-electron chi connectivity index (χ1n) is 11.0. The molecule has 9 heteroatoms. The van der Waals surface area contributed by atoms with Gasteiger partial charge in [0.25, 0.3) is 11.5 Å². The quantitative estimate of drug-likeness (QED) is 0.707. The lowest BCUT2D eigenvalue weighted by atomic mass is 9.95. The molecule has 1 atom stereocenters. The Morgan fingerprint density at radius 2 is 1.91 bits per heavy atom. The topological polar surface area (TPSA) is 121 Å². The number of H-pyrrole nitrogens is 1. The minimum atomic E-state index is -0.695. The van der Waals surface area contributed by atoms with Crippen LogP contribution in [0, 0.1) is 12.8 Å². The number of piperidine rings is 1. The van der Waals surface area contributed by atoms with Crippen molar-refractivity contribution in [1.82, 2.24) is 14.5 Å². The summed E-state index contributed by atoms with van der Waals surface area (Å²) in [5.41, 5.74) is 6.48. The summed E-state index contributed by atoms with van der Waals surface area (Å²) >= 11 is 0. The lowest BCUT2D eigenvalue weighted by molar-refractivity contribution is -0.123. The number of anilines is 2. The highest BCUT2D eigenvalue weighted by Crippen LogP contribution is 2.24. The van der Waals surface area contributed by atoms with E-state index in [1.807, 2.05) is 26.0 Å². The van der Waals surface area contributed by atoms with Gasteiger partial charge in [-0.05, 0) is 38.3 Å². The molecule has 0 radical (unpaired) electrons. The molecule has 1 saturated heterocycles. The maximum absolute atomic E-state index is 13.3. The molecule has 2 aromatic rings. The van der Waals surface area contributed by atoms with Gasteiger partial charge in [0.05, 0.1) is 5.92 Å². The summed E-state index contributed by atoms with van der Waals surface area (Å²) in [5, 5.41) is 0. The largest absolute Gasteiger partial charge is 0.383 e. The van der Waals surface area contributed by atoms with E-state index in [2.05, 4.69) is 4.98 Å². The van der Waals surface area contributed by atoms with Gasteiger partial charge in [-0.3, -0.25) is 23.9 Å². The molecule has 1 aliphatic rings. The molecule has 1 fully saturated rings. The number of likely N-dealkylation sites (tertiary alicyclic amines) is 1. The molecular weight excluding hydrogens is 410 g/mol. The second kappa shape index (κ2) is 9.84. The van der Waals surface area contributed by atoms with Gasteiger partial charge >= 0.3 is 5.69 Å². The number of unbranched alkanes of at least 4 members (excludes halogenated alkanes) is 1. The molecule has 0 spiro atoms. The van der Waals surface area contributed by atoms with Gasteiger partial charge in [-0.2, -0.15) is 0 Å². The number of aryl methyl sites for hydroxylation is 1. The van der Waals surface area contributed by atoms with Crippen LogP contribution in [0.25, 0.3) is 0 Å². The fourth-order valence-corrected chi connectivity index (χ4v) is 4.07. The van der Waals surface area contributed by atoms with Crippen LogP contribution in [0.15, 0.2) is 33.9 Å². The third kappa shape index (κ3) is 4.76. The number of nitrogens with zero attached hydrogens (tertiary/aromatic N) is 3. The van der Waals surface area contributed by atoms with Crippen LogP contribution in [0.5, 0.6) is 0 Å². The first-order chi connectivity index (χ1) is 15.2. The van der Waals surface area contributed by atoms with Gasteiger partial charge < -0.3 is 15.5 Å². The van der Waals surface area contributed by atoms with E-state index >= 15 is 0 Å². The Morgan fingerprint density at radius 3 is 2.56 bits per heavy atom. The number of rotatable bonds is 6. The summed E-state index contributed by atoms with van der Waals surface area (Å²) in [7, 11) is 1.48. The molecule has 3 N–H and O–H groups in total. The molecule has 3 rings (SSSR count). The van der Waals surface area contributed by atoms with Gasteiger partial charge in [-0.25, -0.2) is 4.79 Å². The highest BCUT2D eigenvalue weighted by Gasteiger charge is 2.32. The normalized spacial score (nSPS) is 16.1. The van der Waals surface area contributed by atoms with Crippen molar-refractivity contribution in [1.29, 1.82) is 0 Å². The smallest absolute Gasteiger partial charge is 0.330 e. The number of amides is 2. The summed E-state index contributed by atoms with van der Waals surface area (Å²) in [5.74, 6) is -0.899. The molecule has 1 aliphatic heterocycles. The number of carbonyl (C=O) groups excluding carboxylic acids is 2. The predicted octanol–water partition coefficient (Wildman–Crippen LogP) is 1.74. The van der Waals surface area contributed by atoms with E-state index < -0.39 is 17.2 Å². The number of benzene rings is 1. The molecule has 0 saturated carbocycles. The molecule has 0 bridgehead atoms. The van der Waals surface area contributed by atoms with Crippen molar-refractivity contribution in [3.8, 4) is 0 Å². The summed E-state index contributed by atoms with van der Waals surface area (Å²) in [4.78, 5) is 56.0. The van der Waals surface area contributed by atoms with E-state index in [0.29, 0.717) is 37.9 Å². The van der Waals surface area contributed by atoms with Gasteiger partial charge in [-0.15, -0.1) is 0 Å². The minimum Gasteiger partial charge on any atom is -0.383 e. The number of aromatic nitrogens is 2. The maximum Gasteiger partial charge on any atom is 0.330 e. The first-order valence-corrected chi connectivity index (χ1v) is 11.0. The van der Waals surface area contributed by atoms with Crippen LogP contribution in [0.4, 0.5) is 11.5 Å². The Bertz CT molecular complexity index is 1100. The molecule has 2 amide bonds. The third-order valence-corrected chi connectivity index (χ3v) is 5.97. The lowest BCUT2D eigenvalue weighted by Crippen LogP contribution is -2.47. The molecule has 1 aromatic carbocycles. The van der Waals surface area contributed by atoms with Crippen molar-refractivity contribution in [2.45, 2.75) is 46.1 Å². The number of hydrogen-bond donors (Lipinski definition) is 2. The van der Waals surface area contributed by atoms with E-state index in [1.54, 1.807) is 17.0 Å². The van der Waals surface area contributed by atoms with Crippen molar-refractivity contribution in [3.63, 3.8) is 0 Å². The number of hydrogen-bond acceptors (Lipinski definition) is 5. The number of carbonyl (C=O) groups is 2. The lowest BCUT2D eigenvalue weighted by Gasteiger charge is -2.34. The van der Waals surface area contributed by atoms with E-state index in [4.69, 9.17) is 5.73 Å². The third-order valence-electron chi connectivity index (χ3n) is 5.97. The molecule has 0 aliphatic carbocycles. The van der Waals surface area contributed by atoms with Crippen molar-refractivity contribution in [2.75, 3.05) is 30.8 Å². The summed E-state index contributed by atoms with van der Waals surface area (Å²) < 4.78 is 1.29. The van der Waals surface area contributed by atoms with Gasteiger partial charge in [0.2, 0.25) is 5.91 Å². The zero-order valence-electron chi connectivity index (χ0n) is 18.9. The summed E-state index contributed by atoms with van der Waals surface area (Å²) in [6.07, 6.45) is 2.85. The van der Waals surface area contributed by atoms with E-state index in [0.717, 1.165) is 12.0 Å². The average Bonchev–Trinajstić information content (AvgIpc) is 2.78. The van der Waals surface area contributed by atoms with Gasteiger partial charge in [-0.1, -0.05) is 31.0 Å². The summed E-state index contributed by atoms with van der Waals surface area (Å²) in [6.45, 7) is 5.14. The molecule has 1 aromatic heterocycles. The minimum absolute atomic E-state index is 0.0218. The molecule has 1 unspecified atom stereocenters. The maximum atomic E-state index is 13.3. The first kappa shape index (κ1) is 23.3. The molecular formula is C23H31N5O4. The van der Waals surface area contributed by atoms with Crippen molar-refractivity contribution < 1.29 is 9.59 Å². The molecule has 172 valence electrons. The Labute approximate surface area is 186 Å². The second-order valence-corrected chi connectivity index (χ2v) is 8.35. The number of nitrogen functional groups attached to an aromatic ring is 1. The van der Waals surface area contributed by atoms with Crippen LogP contribution < -0.4 is 21.9 Å². The van der Waals surface area contributed by atoms with Crippen LogP contribution >= 0.6 is 0 Å². The van der Waals surface area contributed by atoms with Gasteiger partial charge in [0.1, 0.15) is 5.82 Å². The Morgan fingerprint density at radius 1 is 1.22 bits per heavy atom. The fraction of sp³-hybridized carbons (Fsp3) is 0.478. The Kier molecular flexibility index (Phi) is 7.17. The van der Waals surface area contributed by atoms with Crippen LogP contribution in [0.2, 0.25) is 0 Å². The molecule has 2 heterocycles. The van der Waals surface area contributed by atoms with E-state index in [-0.39, 0.29) is 29.9 Å². The SMILES string of the molecule is CCCCn1c(N)c(N(C)C(=O)C2CCCN(C(=O)c3ccc(C)cc3)C2)c(=O)[nH]c1=O.